The van der Waals surface area contributed by atoms with Crippen molar-refractivity contribution in [3.63, 3.8) is 0 Å². The summed E-state index contributed by atoms with van der Waals surface area (Å²) in [6.07, 6.45) is 0. The number of carbonyl (C=O) groups is 2. The molecule has 10 aliphatic heterocycles. The van der Waals surface area contributed by atoms with E-state index in [9.17, 15) is 0 Å². The molecule has 0 saturated carbocycles. The Morgan fingerprint density at radius 2 is 0.800 bits per heavy atom. The number of benzene rings is 4. The van der Waals surface area contributed by atoms with Crippen molar-refractivity contribution in [2.24, 2.45) is 0 Å². The van der Waals surface area contributed by atoms with Gasteiger partial charge < -0.3 is 0 Å². The predicted molar refractivity (Wildman–Crippen MR) is 176 cm³/mol. The number of hydrogen-bond acceptors (Lipinski definition) is 4. The van der Waals surface area contributed by atoms with Gasteiger partial charge in [0.1, 0.15) is 0 Å². The van der Waals surface area contributed by atoms with Gasteiger partial charge in [0.15, 0.2) is 0 Å². The minimum absolute atomic E-state index is 0.0655. The van der Waals surface area contributed by atoms with E-state index in [0.717, 1.165) is 0 Å². The van der Waals surface area contributed by atoms with Crippen LogP contribution in [0.1, 0.15) is 0 Å². The molecule has 0 bridgehead atoms. The minimum atomic E-state index is -5.82. The molecule has 10 saturated heterocycles. The summed E-state index contributed by atoms with van der Waals surface area (Å²) in [6.45, 7) is 0. The molecule has 0 N–H and O–H groups in total. The van der Waals surface area contributed by atoms with Gasteiger partial charge in [-0.05, 0) is 0 Å². The number of ether oxygens (including phenoxy) is 2. The van der Waals surface area contributed by atoms with E-state index >= 15 is 9.59 Å². The fraction of sp³-hybridized carbons (Fsp3) is 0.316. The molecule has 1 spiro atoms. The van der Waals surface area contributed by atoms with E-state index in [1.807, 2.05) is 0 Å². The van der Waals surface area contributed by atoms with E-state index in [0.29, 0.717) is 27.1 Å². The van der Waals surface area contributed by atoms with Crippen LogP contribution in [0.3, 0.4) is 0 Å². The van der Waals surface area contributed by atoms with Gasteiger partial charge in [-0.3, -0.25) is 0 Å². The Kier molecular flexibility index (Phi) is 2.07. The second-order valence-electron chi connectivity index (χ2n) is 16.8. The molecule has 10 heterocycles. The maximum atomic E-state index is 15.1. The van der Waals surface area contributed by atoms with E-state index in [4.69, 9.17) is 9.47 Å². The zero-order valence-corrected chi connectivity index (χ0v) is 28.4. The predicted octanol–water partition coefficient (Wildman–Crippen LogP) is 6.54. The number of rotatable bonds is 8. The van der Waals surface area contributed by atoms with Crippen molar-refractivity contribution in [3.8, 4) is 0 Å². The van der Waals surface area contributed by atoms with E-state index < -0.39 is 31.6 Å². The third kappa shape index (κ3) is 0.596. The zero-order valence-electron chi connectivity index (χ0n) is 24.9. The van der Waals surface area contributed by atoms with Gasteiger partial charge in [-0.25, -0.2) is 0 Å². The molecule has 45 heavy (non-hydrogen) atoms. The first-order chi connectivity index (χ1) is 21.9. The maximum absolute atomic E-state index is 15.1. The molecule has 7 heteroatoms. The summed E-state index contributed by atoms with van der Waals surface area (Å²) in [5, 5.41) is 5.50. The van der Waals surface area contributed by atoms with Crippen LogP contribution >= 0.6 is 15.8 Å². The summed E-state index contributed by atoms with van der Waals surface area (Å²) < 4.78 is 14.4. The molecule has 0 aromatic heterocycles. The summed E-state index contributed by atoms with van der Waals surface area (Å²) in [7, 11) is -4.36. The molecule has 0 aliphatic carbocycles. The molecule has 4 nitrogen and oxygen atoms in total. The summed E-state index contributed by atoms with van der Waals surface area (Å²) in [5.41, 5.74) is 0. The number of fused-ring (bicyclic) bond motifs is 10. The van der Waals surface area contributed by atoms with E-state index in [1.54, 1.807) is 14.2 Å². The van der Waals surface area contributed by atoms with E-state index in [2.05, 4.69) is 121 Å². The summed E-state index contributed by atoms with van der Waals surface area (Å²) in [5.74, 6) is 0.131. The Bertz CT molecular complexity index is 2350. The SMILES string of the molecule is COC(=O)[C]12[CH]3[CH]4[CH]5[C]1(P(c1ccccc1)c1ccccc1)[Ru]43521678[CH]2[CH]1[C]6(C(=O)OC)[C@@]7(P(c1ccccc1)c1ccccc1)[CH]28. The average Bonchev–Trinajstić information content (AvgIpc) is 4.06. The van der Waals surface area contributed by atoms with Crippen LogP contribution in [0.5, 0.6) is 0 Å². The Hall–Kier alpha value is -2.70. The van der Waals surface area contributed by atoms with E-state index in [1.165, 1.54) is 21.2 Å². The average molecular weight is 716 g/mol. The molecule has 226 valence electrons. The van der Waals surface area contributed by atoms with Crippen LogP contribution in [0.25, 0.3) is 0 Å². The molecule has 10 atom stereocenters. The second kappa shape index (κ2) is 3.95. The van der Waals surface area contributed by atoms with Gasteiger partial charge >= 0.3 is 254 Å². The first-order valence-corrected chi connectivity index (χ1v) is 28.2. The summed E-state index contributed by atoms with van der Waals surface area (Å²) >= 11 is 0. The number of hydrogen-bond donors (Lipinski definition) is 0. The van der Waals surface area contributed by atoms with Crippen LogP contribution in [0.4, 0.5) is 0 Å². The molecule has 0 radical (unpaired) electrons. The first kappa shape index (κ1) is 23.6. The number of esters is 2. The quantitative estimate of drug-likeness (QED) is 0.118. The van der Waals surface area contributed by atoms with Gasteiger partial charge in [0.05, 0.1) is 0 Å². The van der Waals surface area contributed by atoms with Crippen LogP contribution < -0.4 is 21.2 Å². The molecule has 9 unspecified atom stereocenters. The Morgan fingerprint density at radius 3 is 1.04 bits per heavy atom. The van der Waals surface area contributed by atoms with Gasteiger partial charge in [-0.2, -0.15) is 0 Å². The number of methoxy groups -OCH3 is 2. The third-order valence-electron chi connectivity index (χ3n) is 20.7. The van der Waals surface area contributed by atoms with Crippen LogP contribution in [0.15, 0.2) is 121 Å². The van der Waals surface area contributed by atoms with Gasteiger partial charge in [-0.15, -0.1) is 0 Å². The Morgan fingerprint density at radius 1 is 0.511 bits per heavy atom. The van der Waals surface area contributed by atoms with Gasteiger partial charge in [0.2, 0.25) is 0 Å². The molecule has 14 rings (SSSR count). The van der Waals surface area contributed by atoms with Crippen molar-refractivity contribution >= 4 is 49.0 Å². The van der Waals surface area contributed by atoms with Crippen molar-refractivity contribution in [2.45, 2.75) is 42.6 Å². The van der Waals surface area contributed by atoms with Crippen LogP contribution in [-0.4, -0.2) is 33.7 Å². The van der Waals surface area contributed by atoms with Crippen LogP contribution in [0.2, 0.25) is 35.1 Å². The zero-order chi connectivity index (χ0) is 30.0. The van der Waals surface area contributed by atoms with Crippen molar-refractivity contribution in [1.82, 2.24) is 0 Å². The van der Waals surface area contributed by atoms with Gasteiger partial charge in [-0.1, -0.05) is 0 Å². The Labute approximate surface area is 252 Å². The standard InChI is InChI=1S/2C19H16O2P.Ru/c2*1-21-19(20)17-13-8-14-18(17)22(15-9-4-2-5-10-15)16-11-6-3-7-12-16;/h2*2-14H,1H3;. The molecule has 4 aromatic carbocycles. The normalized spacial score (nSPS) is 57.0. The monoisotopic (exact) mass is 716 g/mol. The van der Waals surface area contributed by atoms with Gasteiger partial charge in [0, 0.05) is 0 Å². The molecular weight excluding hydrogens is 683 g/mol. The van der Waals surface area contributed by atoms with Crippen LogP contribution in [0, 0.1) is 0 Å². The van der Waals surface area contributed by atoms with E-state index in [-0.39, 0.29) is 19.4 Å². The molecule has 4 aromatic rings. The molecule has 10 aliphatic rings. The van der Waals surface area contributed by atoms with Crippen molar-refractivity contribution < 1.29 is 26.8 Å². The Balaban J connectivity index is 1.19. The summed E-state index contributed by atoms with van der Waals surface area (Å²) in [4.78, 5) is 30.2. The topological polar surface area (TPSA) is 52.6 Å². The van der Waals surface area contributed by atoms with Crippen molar-refractivity contribution in [3.05, 3.63) is 121 Å². The van der Waals surface area contributed by atoms with Crippen molar-refractivity contribution in [1.29, 1.82) is 0 Å². The van der Waals surface area contributed by atoms with Crippen molar-refractivity contribution in [2.75, 3.05) is 14.2 Å². The van der Waals surface area contributed by atoms with Gasteiger partial charge in [0.25, 0.3) is 0 Å². The van der Waals surface area contributed by atoms with Crippen LogP contribution in [-0.2, 0) is 26.8 Å². The molecule has 0 amide bonds. The fourth-order valence-electron chi connectivity index (χ4n) is 23.0. The fourth-order valence-corrected chi connectivity index (χ4v) is 200. The molecule has 10 fully saturated rings. The number of carbonyl (C=O) groups excluding carboxylic acids is 2. The summed E-state index contributed by atoms with van der Waals surface area (Å²) in [6, 6.07) is 44.5. The third-order valence-corrected chi connectivity index (χ3v) is 106. The first-order valence-electron chi connectivity index (χ1n) is 16.0. The second-order valence-corrected chi connectivity index (χ2v) is 58.5. The molecular formula is C38H32O4P2Ru.